The number of pyridine rings is 1. The molecular formula is C11H8FNO2. The van der Waals surface area contributed by atoms with Crippen LogP contribution in [0.3, 0.4) is 0 Å². The molecule has 0 aliphatic carbocycles. The smallest absolute Gasteiger partial charge is 0.188 e. The van der Waals surface area contributed by atoms with E-state index in [-0.39, 0.29) is 17.9 Å². The molecular weight excluding hydrogens is 197 g/mol. The van der Waals surface area contributed by atoms with Crippen LogP contribution in [0.5, 0.6) is 0 Å². The molecule has 0 saturated heterocycles. The van der Waals surface area contributed by atoms with E-state index >= 15 is 0 Å². The Kier molecular flexibility index (Phi) is 2.58. The standard InChI is InChI=1S/C11H8FNO2/c12-9-2-1-4-13-11(9)10(14)6-8-3-5-15-7-8/h1-5,7H,6H2. The number of carbonyl (C=O) groups excluding carboxylic acids is 1. The number of rotatable bonds is 3. The lowest BCUT2D eigenvalue weighted by Gasteiger charge is -1.98. The van der Waals surface area contributed by atoms with Gasteiger partial charge in [0.15, 0.2) is 11.6 Å². The molecule has 2 rings (SSSR count). The fourth-order valence-corrected chi connectivity index (χ4v) is 1.25. The molecule has 15 heavy (non-hydrogen) atoms. The van der Waals surface area contributed by atoms with Crippen molar-refractivity contribution in [2.24, 2.45) is 0 Å². The molecule has 76 valence electrons. The molecule has 2 aromatic rings. The molecule has 0 unspecified atom stereocenters. The van der Waals surface area contributed by atoms with Crippen LogP contribution in [0, 0.1) is 5.82 Å². The molecule has 0 saturated carbocycles. The quantitative estimate of drug-likeness (QED) is 0.721. The largest absolute Gasteiger partial charge is 0.472 e. The maximum Gasteiger partial charge on any atom is 0.188 e. The highest BCUT2D eigenvalue weighted by Crippen LogP contribution is 2.09. The van der Waals surface area contributed by atoms with Crippen molar-refractivity contribution in [3.8, 4) is 0 Å². The van der Waals surface area contributed by atoms with Gasteiger partial charge < -0.3 is 4.42 Å². The summed E-state index contributed by atoms with van der Waals surface area (Å²) in [6, 6.07) is 4.33. The summed E-state index contributed by atoms with van der Waals surface area (Å²) in [6.07, 6.45) is 4.42. The molecule has 3 nitrogen and oxygen atoms in total. The molecule has 0 spiro atoms. The van der Waals surface area contributed by atoms with Gasteiger partial charge in [-0.3, -0.25) is 9.78 Å². The average Bonchev–Trinajstić information content (AvgIpc) is 2.71. The summed E-state index contributed by atoms with van der Waals surface area (Å²) in [5.74, 6) is -0.944. The van der Waals surface area contributed by atoms with Gasteiger partial charge in [0.1, 0.15) is 5.69 Å². The molecule has 0 aliphatic rings. The Morgan fingerprint density at radius 3 is 3.00 bits per heavy atom. The third-order valence-electron chi connectivity index (χ3n) is 1.97. The number of hydrogen-bond donors (Lipinski definition) is 0. The minimum atomic E-state index is -0.592. The van der Waals surface area contributed by atoms with Crippen LogP contribution in [-0.2, 0) is 6.42 Å². The Bertz CT molecular complexity index is 465. The molecule has 0 radical (unpaired) electrons. The molecule has 0 bridgehead atoms. The molecule has 0 fully saturated rings. The summed E-state index contributed by atoms with van der Waals surface area (Å²) < 4.78 is 18.0. The third kappa shape index (κ3) is 2.10. The summed E-state index contributed by atoms with van der Waals surface area (Å²) in [4.78, 5) is 15.3. The Balaban J connectivity index is 2.19. The van der Waals surface area contributed by atoms with Crippen LogP contribution in [0.1, 0.15) is 16.1 Å². The first-order valence-corrected chi connectivity index (χ1v) is 4.42. The van der Waals surface area contributed by atoms with Crippen LogP contribution in [0.15, 0.2) is 41.3 Å². The number of aromatic nitrogens is 1. The predicted molar refractivity (Wildman–Crippen MR) is 50.9 cm³/mol. The summed E-state index contributed by atoms with van der Waals surface area (Å²) >= 11 is 0. The van der Waals surface area contributed by atoms with Gasteiger partial charge in [-0.1, -0.05) is 0 Å². The topological polar surface area (TPSA) is 43.1 Å². The van der Waals surface area contributed by atoms with Gasteiger partial charge in [-0.15, -0.1) is 0 Å². The SMILES string of the molecule is O=C(Cc1ccoc1)c1ncccc1F. The Morgan fingerprint density at radius 1 is 1.47 bits per heavy atom. The molecule has 2 heterocycles. The van der Waals surface area contributed by atoms with E-state index in [1.54, 1.807) is 6.07 Å². The van der Waals surface area contributed by atoms with Crippen LogP contribution >= 0.6 is 0 Å². The van der Waals surface area contributed by atoms with E-state index in [1.807, 2.05) is 0 Å². The Labute approximate surface area is 85.6 Å². The lowest BCUT2D eigenvalue weighted by molar-refractivity contribution is 0.0983. The van der Waals surface area contributed by atoms with Crippen LogP contribution < -0.4 is 0 Å². The van der Waals surface area contributed by atoms with Crippen LogP contribution in [0.2, 0.25) is 0 Å². The first-order valence-electron chi connectivity index (χ1n) is 4.42. The summed E-state index contributed by atoms with van der Waals surface area (Å²) in [5, 5.41) is 0. The highest BCUT2D eigenvalue weighted by molar-refractivity contribution is 5.95. The summed E-state index contributed by atoms with van der Waals surface area (Å²) in [6.45, 7) is 0. The fraction of sp³-hybridized carbons (Fsp3) is 0.0909. The maximum atomic E-state index is 13.2. The lowest BCUT2D eigenvalue weighted by atomic mass is 10.1. The molecule has 0 amide bonds. The van der Waals surface area contributed by atoms with Crippen molar-refractivity contribution in [2.75, 3.05) is 0 Å². The number of ketones is 1. The number of carbonyl (C=O) groups is 1. The van der Waals surface area contributed by atoms with Crippen LogP contribution in [0.4, 0.5) is 4.39 Å². The van der Waals surface area contributed by atoms with Crippen molar-refractivity contribution in [1.82, 2.24) is 4.98 Å². The zero-order valence-corrected chi connectivity index (χ0v) is 7.81. The van der Waals surface area contributed by atoms with Gasteiger partial charge in [-0.2, -0.15) is 0 Å². The molecule has 2 aromatic heterocycles. The molecule has 0 N–H and O–H groups in total. The van der Waals surface area contributed by atoms with Crippen molar-refractivity contribution in [2.45, 2.75) is 6.42 Å². The number of halogens is 1. The van der Waals surface area contributed by atoms with Gasteiger partial charge in [0.25, 0.3) is 0 Å². The Hall–Kier alpha value is -1.97. The summed E-state index contributed by atoms with van der Waals surface area (Å²) in [5.41, 5.74) is 0.587. The van der Waals surface area contributed by atoms with Gasteiger partial charge in [0.2, 0.25) is 0 Å². The Morgan fingerprint density at radius 2 is 2.33 bits per heavy atom. The van der Waals surface area contributed by atoms with E-state index in [2.05, 4.69) is 4.98 Å². The first kappa shape index (κ1) is 9.58. The van der Waals surface area contributed by atoms with E-state index < -0.39 is 5.82 Å². The second kappa shape index (κ2) is 4.04. The van der Waals surface area contributed by atoms with Crippen molar-refractivity contribution >= 4 is 5.78 Å². The van der Waals surface area contributed by atoms with Gasteiger partial charge >= 0.3 is 0 Å². The summed E-state index contributed by atoms with van der Waals surface area (Å²) in [7, 11) is 0. The van der Waals surface area contributed by atoms with Gasteiger partial charge in [-0.05, 0) is 23.8 Å². The van der Waals surface area contributed by atoms with Crippen molar-refractivity contribution in [3.05, 3.63) is 54.0 Å². The predicted octanol–water partition coefficient (Wildman–Crippen LogP) is 2.24. The molecule has 0 aromatic carbocycles. The van der Waals surface area contributed by atoms with E-state index in [9.17, 15) is 9.18 Å². The number of furan rings is 1. The van der Waals surface area contributed by atoms with Crippen LogP contribution in [-0.4, -0.2) is 10.8 Å². The van der Waals surface area contributed by atoms with Gasteiger partial charge in [0.05, 0.1) is 12.5 Å². The minimum absolute atomic E-state index is 0.102. The minimum Gasteiger partial charge on any atom is -0.472 e. The maximum absolute atomic E-state index is 13.2. The van der Waals surface area contributed by atoms with Crippen molar-refractivity contribution in [3.63, 3.8) is 0 Å². The van der Waals surface area contributed by atoms with E-state index in [0.717, 1.165) is 0 Å². The highest BCUT2D eigenvalue weighted by Gasteiger charge is 2.13. The van der Waals surface area contributed by atoms with Crippen LogP contribution in [0.25, 0.3) is 0 Å². The fourth-order valence-electron chi connectivity index (χ4n) is 1.25. The third-order valence-corrected chi connectivity index (χ3v) is 1.97. The molecule has 0 aliphatic heterocycles. The molecule has 4 heteroatoms. The van der Waals surface area contributed by atoms with E-state index in [0.29, 0.717) is 5.56 Å². The van der Waals surface area contributed by atoms with Gasteiger partial charge in [-0.25, -0.2) is 4.39 Å². The van der Waals surface area contributed by atoms with Crippen molar-refractivity contribution in [1.29, 1.82) is 0 Å². The first-order chi connectivity index (χ1) is 7.27. The zero-order valence-electron chi connectivity index (χ0n) is 7.81. The van der Waals surface area contributed by atoms with E-state index in [4.69, 9.17) is 4.42 Å². The second-order valence-corrected chi connectivity index (χ2v) is 3.07. The second-order valence-electron chi connectivity index (χ2n) is 3.07. The van der Waals surface area contributed by atoms with Crippen molar-refractivity contribution < 1.29 is 13.6 Å². The normalized spacial score (nSPS) is 10.2. The number of nitrogens with zero attached hydrogens (tertiary/aromatic N) is 1. The van der Waals surface area contributed by atoms with Gasteiger partial charge in [0, 0.05) is 12.6 Å². The average molecular weight is 205 g/mol. The number of Topliss-reactive ketones (excluding diaryl/α,β-unsaturated/α-hetero) is 1. The highest BCUT2D eigenvalue weighted by atomic mass is 19.1. The lowest BCUT2D eigenvalue weighted by Crippen LogP contribution is -2.07. The monoisotopic (exact) mass is 205 g/mol. The van der Waals surface area contributed by atoms with E-state index in [1.165, 1.54) is 30.9 Å². The zero-order chi connectivity index (χ0) is 10.7. The number of hydrogen-bond acceptors (Lipinski definition) is 3. The molecule has 0 atom stereocenters.